The summed E-state index contributed by atoms with van der Waals surface area (Å²) < 4.78 is 1.71. The number of anilines is 1. The normalized spacial score (nSPS) is 16.2. The summed E-state index contributed by atoms with van der Waals surface area (Å²) in [7, 11) is 0. The number of aryl methyl sites for hydroxylation is 2. The minimum Gasteiger partial charge on any atom is -0.326 e. The van der Waals surface area contributed by atoms with Crippen LogP contribution in [0.25, 0.3) is 0 Å². The van der Waals surface area contributed by atoms with Crippen LogP contribution in [0.3, 0.4) is 0 Å². The molecule has 2 aliphatic rings. The van der Waals surface area contributed by atoms with E-state index in [1.807, 2.05) is 6.07 Å². The van der Waals surface area contributed by atoms with Gasteiger partial charge in [-0.25, -0.2) is 9.89 Å². The molecule has 7 heteroatoms. The SMILES string of the molecule is O=C(CCSc1n[nH]c(=O)n1C1CC1)Nc1ccc2c(c1)CCC2. The third kappa shape index (κ3) is 3.26. The summed E-state index contributed by atoms with van der Waals surface area (Å²) in [4.78, 5) is 23.8. The van der Waals surface area contributed by atoms with Gasteiger partial charge in [-0.3, -0.25) is 9.36 Å². The minimum absolute atomic E-state index is 0.00342. The van der Waals surface area contributed by atoms with Gasteiger partial charge in [0.05, 0.1) is 0 Å². The first-order valence-electron chi connectivity index (χ1n) is 8.42. The third-order valence-electron chi connectivity index (χ3n) is 4.53. The van der Waals surface area contributed by atoms with Crippen molar-refractivity contribution < 1.29 is 4.79 Å². The van der Waals surface area contributed by atoms with Crippen molar-refractivity contribution in [2.45, 2.75) is 49.7 Å². The Bertz CT molecular complexity index is 822. The summed E-state index contributed by atoms with van der Waals surface area (Å²) in [5, 5.41) is 10.2. The monoisotopic (exact) mass is 344 g/mol. The quantitative estimate of drug-likeness (QED) is 0.789. The average molecular weight is 344 g/mol. The lowest BCUT2D eigenvalue weighted by atomic mass is 10.1. The van der Waals surface area contributed by atoms with E-state index in [1.165, 1.54) is 29.3 Å². The second-order valence-electron chi connectivity index (χ2n) is 6.40. The molecule has 4 rings (SSSR count). The fourth-order valence-corrected chi connectivity index (χ4v) is 4.11. The van der Waals surface area contributed by atoms with Crippen LogP contribution in [0, 0.1) is 0 Å². The van der Waals surface area contributed by atoms with Gasteiger partial charge in [0.2, 0.25) is 5.91 Å². The zero-order valence-electron chi connectivity index (χ0n) is 13.4. The molecule has 6 nitrogen and oxygen atoms in total. The highest BCUT2D eigenvalue weighted by atomic mass is 32.2. The number of aromatic amines is 1. The number of rotatable bonds is 6. The number of nitrogens with one attached hydrogen (secondary N) is 2. The van der Waals surface area contributed by atoms with Crippen molar-refractivity contribution in [3.8, 4) is 0 Å². The van der Waals surface area contributed by atoms with E-state index in [-0.39, 0.29) is 11.6 Å². The van der Waals surface area contributed by atoms with Crippen molar-refractivity contribution >= 4 is 23.4 Å². The van der Waals surface area contributed by atoms with Gasteiger partial charge in [0.25, 0.3) is 0 Å². The van der Waals surface area contributed by atoms with E-state index in [9.17, 15) is 9.59 Å². The summed E-state index contributed by atoms with van der Waals surface area (Å²) in [6, 6.07) is 6.48. The second kappa shape index (κ2) is 6.47. The molecule has 0 unspecified atom stereocenters. The van der Waals surface area contributed by atoms with E-state index < -0.39 is 0 Å². The van der Waals surface area contributed by atoms with Gasteiger partial charge in [-0.1, -0.05) is 17.8 Å². The Morgan fingerprint density at radius 1 is 1.33 bits per heavy atom. The van der Waals surface area contributed by atoms with Crippen molar-refractivity contribution in [1.82, 2.24) is 14.8 Å². The highest BCUT2D eigenvalue weighted by molar-refractivity contribution is 7.99. The molecule has 1 aromatic carbocycles. The molecule has 0 aliphatic heterocycles. The van der Waals surface area contributed by atoms with Crippen LogP contribution in [-0.2, 0) is 17.6 Å². The minimum atomic E-state index is -0.150. The van der Waals surface area contributed by atoms with Crippen LogP contribution in [0.5, 0.6) is 0 Å². The maximum atomic E-state index is 12.1. The Balaban J connectivity index is 1.30. The molecule has 0 atom stereocenters. The molecular weight excluding hydrogens is 324 g/mol. The van der Waals surface area contributed by atoms with Crippen LogP contribution in [0.2, 0.25) is 0 Å². The zero-order valence-corrected chi connectivity index (χ0v) is 14.2. The van der Waals surface area contributed by atoms with Crippen LogP contribution >= 0.6 is 11.8 Å². The van der Waals surface area contributed by atoms with E-state index in [1.54, 1.807) is 4.57 Å². The molecule has 1 aromatic heterocycles. The number of fused-ring (bicyclic) bond motifs is 1. The van der Waals surface area contributed by atoms with Crippen molar-refractivity contribution in [3.05, 3.63) is 39.8 Å². The lowest BCUT2D eigenvalue weighted by Crippen LogP contribution is -2.16. The van der Waals surface area contributed by atoms with Crippen LogP contribution in [0.4, 0.5) is 5.69 Å². The van der Waals surface area contributed by atoms with Crippen molar-refractivity contribution in [3.63, 3.8) is 0 Å². The number of nitrogens with zero attached hydrogens (tertiary/aromatic N) is 2. The summed E-state index contributed by atoms with van der Waals surface area (Å²) in [6.07, 6.45) is 5.92. The van der Waals surface area contributed by atoms with Gasteiger partial charge >= 0.3 is 5.69 Å². The molecule has 0 bridgehead atoms. The molecule has 24 heavy (non-hydrogen) atoms. The molecule has 126 valence electrons. The number of amides is 1. The van der Waals surface area contributed by atoms with E-state index in [4.69, 9.17) is 0 Å². The van der Waals surface area contributed by atoms with Gasteiger partial charge in [-0.2, -0.15) is 0 Å². The summed E-state index contributed by atoms with van der Waals surface area (Å²) >= 11 is 1.45. The predicted octanol–water partition coefficient (Wildman–Crippen LogP) is 2.52. The lowest BCUT2D eigenvalue weighted by Gasteiger charge is -2.07. The molecule has 0 radical (unpaired) electrons. The predicted molar refractivity (Wildman–Crippen MR) is 93.6 cm³/mol. The maximum Gasteiger partial charge on any atom is 0.344 e. The Kier molecular flexibility index (Phi) is 4.18. The lowest BCUT2D eigenvalue weighted by molar-refractivity contribution is -0.115. The molecule has 2 aliphatic carbocycles. The van der Waals surface area contributed by atoms with Gasteiger partial charge in [-0.15, -0.1) is 5.10 Å². The van der Waals surface area contributed by atoms with Gasteiger partial charge in [0.15, 0.2) is 5.16 Å². The van der Waals surface area contributed by atoms with Gasteiger partial charge in [0, 0.05) is 23.9 Å². The van der Waals surface area contributed by atoms with Crippen molar-refractivity contribution in [2.75, 3.05) is 11.1 Å². The Hall–Kier alpha value is -2.02. The molecule has 0 saturated heterocycles. The van der Waals surface area contributed by atoms with Gasteiger partial charge in [-0.05, 0) is 55.4 Å². The van der Waals surface area contributed by atoms with Gasteiger partial charge in [0.1, 0.15) is 0 Å². The zero-order chi connectivity index (χ0) is 16.5. The third-order valence-corrected chi connectivity index (χ3v) is 5.48. The number of hydrogen-bond donors (Lipinski definition) is 2. The molecule has 2 N–H and O–H groups in total. The second-order valence-corrected chi connectivity index (χ2v) is 7.46. The Morgan fingerprint density at radius 3 is 3.00 bits per heavy atom. The van der Waals surface area contributed by atoms with Crippen LogP contribution in [0.15, 0.2) is 28.2 Å². The van der Waals surface area contributed by atoms with Crippen molar-refractivity contribution in [2.24, 2.45) is 0 Å². The van der Waals surface area contributed by atoms with Crippen LogP contribution in [-0.4, -0.2) is 26.4 Å². The first-order chi connectivity index (χ1) is 11.7. The maximum absolute atomic E-state index is 12.1. The van der Waals surface area contributed by atoms with E-state index in [2.05, 4.69) is 27.6 Å². The van der Waals surface area contributed by atoms with Crippen LogP contribution in [0.1, 0.15) is 42.9 Å². The van der Waals surface area contributed by atoms with E-state index >= 15 is 0 Å². The fraction of sp³-hybridized carbons (Fsp3) is 0.471. The Labute approximate surface area is 144 Å². The summed E-state index contributed by atoms with van der Waals surface area (Å²) in [6.45, 7) is 0. The van der Waals surface area contributed by atoms with Crippen molar-refractivity contribution in [1.29, 1.82) is 0 Å². The largest absolute Gasteiger partial charge is 0.344 e. The molecule has 1 fully saturated rings. The molecule has 1 amide bonds. The highest BCUT2D eigenvalue weighted by Gasteiger charge is 2.28. The molecule has 2 aromatic rings. The standard InChI is InChI=1S/C17H20N4O2S/c22-15(18-13-5-4-11-2-1-3-12(11)10-13)8-9-24-17-20-19-16(23)21(17)14-6-7-14/h4-5,10,14H,1-3,6-9H2,(H,18,22)(H,19,23). The number of H-pyrrole nitrogens is 1. The highest BCUT2D eigenvalue weighted by Crippen LogP contribution is 2.36. The fourth-order valence-electron chi connectivity index (χ4n) is 3.15. The molecule has 1 saturated carbocycles. The average Bonchev–Trinajstić information content (AvgIpc) is 3.17. The smallest absolute Gasteiger partial charge is 0.326 e. The summed E-state index contributed by atoms with van der Waals surface area (Å²) in [5.41, 5.74) is 3.48. The number of thioether (sulfide) groups is 1. The molecule has 0 spiro atoms. The first-order valence-corrected chi connectivity index (χ1v) is 9.40. The number of aromatic nitrogens is 3. The van der Waals surface area contributed by atoms with E-state index in [0.717, 1.165) is 31.4 Å². The number of carbonyl (C=O) groups is 1. The number of hydrogen-bond acceptors (Lipinski definition) is 4. The number of benzene rings is 1. The van der Waals surface area contributed by atoms with Crippen LogP contribution < -0.4 is 11.0 Å². The van der Waals surface area contributed by atoms with Gasteiger partial charge < -0.3 is 5.32 Å². The van der Waals surface area contributed by atoms with E-state index in [0.29, 0.717) is 23.4 Å². The molecule has 1 heterocycles. The molecular formula is C17H20N4O2S. The number of carbonyl (C=O) groups excluding carboxylic acids is 1. The Morgan fingerprint density at radius 2 is 2.17 bits per heavy atom. The first kappa shape index (κ1) is 15.5. The topological polar surface area (TPSA) is 79.8 Å². The summed E-state index contributed by atoms with van der Waals surface area (Å²) in [5.74, 6) is 0.602.